The summed E-state index contributed by atoms with van der Waals surface area (Å²) in [7, 11) is 0. The van der Waals surface area contributed by atoms with Crippen molar-refractivity contribution in [3.05, 3.63) is 66.9 Å². The number of non-ortho nitro benzene ring substituents is 2. The molecular formula is C13H6N2O6. The van der Waals surface area contributed by atoms with Gasteiger partial charge in [0.05, 0.1) is 20.6 Å². The minimum Gasteiger partial charge on any atom is -0.449 e. The van der Waals surface area contributed by atoms with Crippen molar-refractivity contribution in [2.45, 2.75) is 0 Å². The second-order valence-electron chi connectivity index (χ2n) is 4.28. The first-order valence-corrected chi connectivity index (χ1v) is 5.77. The van der Waals surface area contributed by atoms with E-state index in [4.69, 9.17) is 4.42 Å². The molecule has 0 aliphatic heterocycles. The maximum Gasteiger partial charge on any atom is 0.312 e. The second kappa shape index (κ2) is 4.37. The van der Waals surface area contributed by atoms with Crippen molar-refractivity contribution in [2.24, 2.45) is 0 Å². The average molecular weight is 286 g/mol. The minimum atomic E-state index is -0.650. The molecule has 0 fully saturated rings. The van der Waals surface area contributed by atoms with Crippen LogP contribution in [0.3, 0.4) is 0 Å². The monoisotopic (exact) mass is 286 g/mol. The van der Waals surface area contributed by atoms with Crippen LogP contribution in [0.2, 0.25) is 0 Å². The number of nitrogens with zero attached hydrogens (tertiary/aromatic N) is 2. The van der Waals surface area contributed by atoms with Crippen LogP contribution < -0.4 is 5.43 Å². The first-order chi connectivity index (χ1) is 9.99. The van der Waals surface area contributed by atoms with Gasteiger partial charge in [0.15, 0.2) is 0 Å². The van der Waals surface area contributed by atoms with Gasteiger partial charge in [0.2, 0.25) is 11.0 Å². The van der Waals surface area contributed by atoms with Crippen LogP contribution in [0, 0.1) is 20.2 Å². The average Bonchev–Trinajstić information content (AvgIpc) is 2.46. The topological polar surface area (TPSA) is 116 Å². The third-order valence-corrected chi connectivity index (χ3v) is 3.07. The second-order valence-corrected chi connectivity index (χ2v) is 4.28. The lowest BCUT2D eigenvalue weighted by molar-refractivity contribution is -0.384. The van der Waals surface area contributed by atoms with E-state index < -0.39 is 15.3 Å². The van der Waals surface area contributed by atoms with E-state index in [1.807, 2.05) is 0 Å². The maximum absolute atomic E-state index is 12.3. The van der Waals surface area contributed by atoms with Gasteiger partial charge < -0.3 is 4.42 Å². The molecule has 0 unspecified atom stereocenters. The Bertz CT molecular complexity index is 969. The Morgan fingerprint density at radius 3 is 2.38 bits per heavy atom. The Labute approximate surface area is 115 Å². The number of benzene rings is 2. The number of nitro benzene ring substituents is 2. The molecule has 3 aromatic rings. The van der Waals surface area contributed by atoms with Crippen molar-refractivity contribution in [3.8, 4) is 0 Å². The standard InChI is InChI=1S/C13H6N2O6/c16-12-8-2-1-3-10(15(19)20)13(8)21-11-5-4-7(14(17)18)6-9(11)12/h1-6H. The third-order valence-electron chi connectivity index (χ3n) is 3.07. The minimum absolute atomic E-state index is 0.0113. The number of para-hydroxylation sites is 1. The maximum atomic E-state index is 12.3. The van der Waals surface area contributed by atoms with Crippen LogP contribution in [0.1, 0.15) is 0 Å². The van der Waals surface area contributed by atoms with E-state index in [-0.39, 0.29) is 33.3 Å². The summed E-state index contributed by atoms with van der Waals surface area (Å²) in [4.78, 5) is 32.8. The Morgan fingerprint density at radius 2 is 1.71 bits per heavy atom. The lowest BCUT2D eigenvalue weighted by Gasteiger charge is -2.01. The van der Waals surface area contributed by atoms with E-state index in [0.717, 1.165) is 6.07 Å². The van der Waals surface area contributed by atoms with Crippen LogP contribution in [0.25, 0.3) is 21.9 Å². The summed E-state index contributed by atoms with van der Waals surface area (Å²) in [5, 5.41) is 21.7. The SMILES string of the molecule is O=c1c2cc([N+](=O)[O-])ccc2oc2c([N+](=O)[O-])cccc12. The van der Waals surface area contributed by atoms with Gasteiger partial charge >= 0.3 is 5.69 Å². The quantitative estimate of drug-likeness (QED) is 0.406. The van der Waals surface area contributed by atoms with Gasteiger partial charge in [-0.15, -0.1) is 0 Å². The van der Waals surface area contributed by atoms with E-state index in [1.54, 1.807) is 0 Å². The molecule has 0 atom stereocenters. The molecule has 0 saturated heterocycles. The lowest BCUT2D eigenvalue weighted by atomic mass is 10.1. The number of rotatable bonds is 2. The smallest absolute Gasteiger partial charge is 0.312 e. The number of hydrogen-bond acceptors (Lipinski definition) is 6. The summed E-state index contributed by atoms with van der Waals surface area (Å²) in [6.07, 6.45) is 0. The van der Waals surface area contributed by atoms with Crippen molar-refractivity contribution < 1.29 is 14.3 Å². The molecular weight excluding hydrogens is 280 g/mol. The fourth-order valence-corrected chi connectivity index (χ4v) is 2.11. The van der Waals surface area contributed by atoms with Gasteiger partial charge in [0.25, 0.3) is 5.69 Å². The van der Waals surface area contributed by atoms with E-state index >= 15 is 0 Å². The molecule has 0 amide bonds. The molecule has 0 aliphatic rings. The summed E-state index contributed by atoms with van der Waals surface area (Å²) in [5.41, 5.74) is -1.20. The summed E-state index contributed by atoms with van der Waals surface area (Å²) >= 11 is 0. The molecule has 0 spiro atoms. The highest BCUT2D eigenvalue weighted by Gasteiger charge is 2.19. The Kier molecular flexibility index (Phi) is 2.65. The highest BCUT2D eigenvalue weighted by molar-refractivity contribution is 5.94. The summed E-state index contributed by atoms with van der Waals surface area (Å²) in [6, 6.07) is 7.49. The first kappa shape index (κ1) is 12.7. The van der Waals surface area contributed by atoms with Gasteiger partial charge in [-0.25, -0.2) is 0 Å². The molecule has 3 rings (SSSR count). The lowest BCUT2D eigenvalue weighted by Crippen LogP contribution is -2.04. The third kappa shape index (κ3) is 1.89. The Morgan fingerprint density at radius 1 is 0.952 bits per heavy atom. The molecule has 1 heterocycles. The summed E-state index contributed by atoms with van der Waals surface area (Å²) < 4.78 is 5.39. The molecule has 0 bridgehead atoms. The molecule has 8 nitrogen and oxygen atoms in total. The van der Waals surface area contributed by atoms with Crippen LogP contribution in [0.5, 0.6) is 0 Å². The zero-order chi connectivity index (χ0) is 15.1. The van der Waals surface area contributed by atoms with E-state index in [9.17, 15) is 25.0 Å². The van der Waals surface area contributed by atoms with Gasteiger partial charge in [-0.1, -0.05) is 6.07 Å². The highest BCUT2D eigenvalue weighted by Crippen LogP contribution is 2.28. The predicted molar refractivity (Wildman–Crippen MR) is 73.3 cm³/mol. The van der Waals surface area contributed by atoms with E-state index in [0.29, 0.717) is 0 Å². The Hall–Kier alpha value is -3.29. The van der Waals surface area contributed by atoms with Crippen LogP contribution in [0.15, 0.2) is 45.6 Å². The van der Waals surface area contributed by atoms with Gasteiger partial charge in [-0.2, -0.15) is 0 Å². The van der Waals surface area contributed by atoms with Crippen molar-refractivity contribution in [1.29, 1.82) is 0 Å². The number of nitro groups is 2. The van der Waals surface area contributed by atoms with E-state index in [1.165, 1.54) is 30.3 Å². The molecule has 1 aromatic heterocycles. The van der Waals surface area contributed by atoms with Gasteiger partial charge in [-0.3, -0.25) is 25.0 Å². The largest absolute Gasteiger partial charge is 0.449 e. The van der Waals surface area contributed by atoms with Crippen molar-refractivity contribution >= 4 is 33.3 Å². The van der Waals surface area contributed by atoms with Crippen LogP contribution in [0.4, 0.5) is 11.4 Å². The van der Waals surface area contributed by atoms with E-state index in [2.05, 4.69) is 0 Å². The van der Waals surface area contributed by atoms with Crippen molar-refractivity contribution in [2.75, 3.05) is 0 Å². The normalized spacial score (nSPS) is 10.9. The van der Waals surface area contributed by atoms with Crippen LogP contribution in [-0.2, 0) is 0 Å². The van der Waals surface area contributed by atoms with Crippen molar-refractivity contribution in [3.63, 3.8) is 0 Å². The Balaban J connectivity index is 2.49. The van der Waals surface area contributed by atoms with Gasteiger partial charge in [0.1, 0.15) is 5.58 Å². The highest BCUT2D eigenvalue weighted by atomic mass is 16.6. The molecule has 2 aromatic carbocycles. The molecule has 0 N–H and O–H groups in total. The zero-order valence-corrected chi connectivity index (χ0v) is 10.3. The molecule has 21 heavy (non-hydrogen) atoms. The molecule has 0 aliphatic carbocycles. The van der Waals surface area contributed by atoms with Crippen LogP contribution >= 0.6 is 0 Å². The van der Waals surface area contributed by atoms with Crippen molar-refractivity contribution in [1.82, 2.24) is 0 Å². The predicted octanol–water partition coefficient (Wildman–Crippen LogP) is 2.76. The van der Waals surface area contributed by atoms with Gasteiger partial charge in [-0.05, 0) is 12.1 Å². The van der Waals surface area contributed by atoms with Crippen LogP contribution in [-0.4, -0.2) is 9.85 Å². The summed E-state index contributed by atoms with van der Waals surface area (Å²) in [6.45, 7) is 0. The fraction of sp³-hybridized carbons (Fsp3) is 0. The molecule has 104 valence electrons. The number of fused-ring (bicyclic) bond motifs is 2. The fourth-order valence-electron chi connectivity index (χ4n) is 2.11. The zero-order valence-electron chi connectivity index (χ0n) is 10.3. The summed E-state index contributed by atoms with van der Waals surface area (Å²) in [5.74, 6) is 0. The van der Waals surface area contributed by atoms with Gasteiger partial charge in [0, 0.05) is 18.2 Å². The number of hydrogen-bond donors (Lipinski definition) is 0. The molecule has 0 saturated carbocycles. The first-order valence-electron chi connectivity index (χ1n) is 5.77. The molecule has 0 radical (unpaired) electrons. The molecule has 8 heteroatoms.